The van der Waals surface area contributed by atoms with E-state index in [1.165, 1.54) is 45.8 Å². The highest BCUT2D eigenvalue weighted by atomic mass is 35.5. The molecule has 0 saturated carbocycles. The minimum absolute atomic E-state index is 0.00425. The van der Waals surface area contributed by atoms with E-state index >= 15 is 4.39 Å². The van der Waals surface area contributed by atoms with E-state index in [9.17, 15) is 25.8 Å². The standard InChI is InChI=1S/C29H24ClF7N4O5S2/c1-4-39-22-10-9-19(48(37)28(32)33)14-25(22)41(17-29(34,35)36)26(39)8-6-5-7-21(31)27-38(2)23-15-20(30)18(16-44-43-3)13-24(23)40(27)11-12-47-46-45-42/h5-10,13-15H,4,16-17H2,1-3H3/p+1. The van der Waals surface area contributed by atoms with Crippen LogP contribution in [0.15, 0.2) is 65.1 Å². The minimum Gasteiger partial charge on any atom is -0.326 e. The summed E-state index contributed by atoms with van der Waals surface area (Å²) in [6, 6.07) is 9.16. The first-order chi connectivity index (χ1) is 22.8. The number of fused-ring (bicyclic) bond motifs is 2. The molecule has 2 aromatic carbocycles. The number of imidazole rings is 1. The average molecular weight is 742 g/mol. The number of hydrogen-bond acceptors (Lipinski definition) is 8. The van der Waals surface area contributed by atoms with Crippen molar-refractivity contribution in [3.63, 3.8) is 0 Å². The summed E-state index contributed by atoms with van der Waals surface area (Å²) in [5.74, 6) is -0.898. The van der Waals surface area contributed by atoms with E-state index in [1.54, 1.807) is 26.1 Å². The summed E-state index contributed by atoms with van der Waals surface area (Å²) in [5.41, 5.74) is 1.48. The average Bonchev–Trinajstić information content (AvgIpc) is 3.47. The van der Waals surface area contributed by atoms with Crippen molar-refractivity contribution in [1.29, 1.82) is 0 Å². The Kier molecular flexibility index (Phi) is 12.6. The molecule has 0 aliphatic carbocycles. The normalized spacial score (nSPS) is 15.1. The zero-order valence-electron chi connectivity index (χ0n) is 25.0. The molecule has 0 radical (unpaired) electrons. The molecule has 0 spiro atoms. The smallest absolute Gasteiger partial charge is 0.326 e. The molecule has 1 aliphatic rings. The number of benzene rings is 2. The third kappa shape index (κ3) is 8.36. The molecular formula is C29H25ClF7N4O5S2+. The van der Waals surface area contributed by atoms with E-state index in [1.807, 2.05) is 0 Å². The lowest BCUT2D eigenvalue weighted by atomic mass is 10.1. The van der Waals surface area contributed by atoms with Gasteiger partial charge in [-0.2, -0.15) is 25.8 Å². The molecular weight excluding hydrogens is 717 g/mol. The van der Waals surface area contributed by atoms with Crippen LogP contribution in [0.4, 0.5) is 41.6 Å². The summed E-state index contributed by atoms with van der Waals surface area (Å²) >= 11 is 6.79. The molecule has 4 rings (SSSR count). The molecule has 9 nitrogen and oxygen atoms in total. The highest BCUT2D eigenvalue weighted by Crippen LogP contribution is 2.45. The number of alkyl halides is 3. The van der Waals surface area contributed by atoms with Crippen LogP contribution in [0, 0.1) is 11.3 Å². The summed E-state index contributed by atoms with van der Waals surface area (Å²) in [4.78, 5) is 11.8. The lowest BCUT2D eigenvalue weighted by molar-refractivity contribution is -0.670. The van der Waals surface area contributed by atoms with Gasteiger partial charge in [-0.25, -0.2) is 33.5 Å². The molecule has 1 N–H and O–H groups in total. The quantitative estimate of drug-likeness (QED) is 0.0201. The van der Waals surface area contributed by atoms with Gasteiger partial charge in [0.1, 0.15) is 18.6 Å². The predicted octanol–water partition coefficient (Wildman–Crippen LogP) is 8.43. The Morgan fingerprint density at radius 2 is 1.90 bits per heavy atom. The molecule has 0 fully saturated rings. The number of rotatable bonds is 11. The second-order valence-corrected chi connectivity index (χ2v) is 11.7. The van der Waals surface area contributed by atoms with Crippen LogP contribution in [0.2, 0.25) is 5.02 Å². The van der Waals surface area contributed by atoms with Crippen LogP contribution < -0.4 is 14.4 Å². The van der Waals surface area contributed by atoms with E-state index in [-0.39, 0.29) is 40.9 Å². The van der Waals surface area contributed by atoms with Crippen molar-refractivity contribution < 1.29 is 59.2 Å². The van der Waals surface area contributed by atoms with Gasteiger partial charge in [-0.05, 0) is 37.3 Å². The third-order valence-corrected chi connectivity index (χ3v) is 8.36. The third-order valence-electron chi connectivity index (χ3n) is 6.76. The van der Waals surface area contributed by atoms with Crippen molar-refractivity contribution in [1.82, 2.24) is 4.57 Å². The maximum absolute atomic E-state index is 15.8. The molecule has 3 aromatic rings. The van der Waals surface area contributed by atoms with Gasteiger partial charge in [0, 0.05) is 46.0 Å². The molecule has 0 amide bonds. The summed E-state index contributed by atoms with van der Waals surface area (Å²) in [6.45, 7) is 0.298. The van der Waals surface area contributed by atoms with Gasteiger partial charge < -0.3 is 4.90 Å². The Bertz CT molecular complexity index is 1870. The molecule has 1 aliphatic heterocycles. The highest BCUT2D eigenvalue weighted by molar-refractivity contribution is 8.11. The minimum atomic E-state index is -4.71. The van der Waals surface area contributed by atoms with Crippen molar-refractivity contribution in [2.45, 2.75) is 37.7 Å². The van der Waals surface area contributed by atoms with E-state index in [2.05, 4.69) is 25.6 Å². The molecule has 1 atom stereocenters. The molecule has 2 heterocycles. The largest absolute Gasteiger partial charge is 0.426 e. The number of aryl methyl sites for hydroxylation is 1. The number of nitrogens with zero attached hydrogens (tertiary/aromatic N) is 4. The number of allylic oxidation sites excluding steroid dienone is 4. The van der Waals surface area contributed by atoms with Gasteiger partial charge in [0.05, 0.1) is 35.9 Å². The topological polar surface area (TPSA) is 72.4 Å². The van der Waals surface area contributed by atoms with Gasteiger partial charge in [-0.3, -0.25) is 0 Å². The number of aromatic nitrogens is 2. The monoisotopic (exact) mass is 741 g/mol. The fourth-order valence-corrected chi connectivity index (χ4v) is 5.87. The molecule has 1 unspecified atom stereocenters. The molecule has 19 heteroatoms. The number of anilines is 2. The summed E-state index contributed by atoms with van der Waals surface area (Å²) in [6.07, 6.45) is 0.144. The van der Waals surface area contributed by atoms with Crippen molar-refractivity contribution in [2.24, 2.45) is 0 Å². The van der Waals surface area contributed by atoms with Gasteiger partial charge in [-0.15, -0.1) is 4.33 Å². The first-order valence-electron chi connectivity index (χ1n) is 13.4. The summed E-state index contributed by atoms with van der Waals surface area (Å²) < 4.78 is 103. The predicted molar refractivity (Wildman–Crippen MR) is 169 cm³/mol. The fraction of sp³-hybridized carbons (Fsp3) is 0.241. The Balaban J connectivity index is 1.77. The zero-order valence-corrected chi connectivity index (χ0v) is 27.4. The molecule has 1 aromatic heterocycles. The second kappa shape index (κ2) is 16.2. The van der Waals surface area contributed by atoms with Crippen LogP contribution in [0.25, 0.3) is 17.1 Å². The van der Waals surface area contributed by atoms with Crippen LogP contribution in [-0.2, 0) is 38.8 Å². The summed E-state index contributed by atoms with van der Waals surface area (Å²) in [5, 5.41) is 12.2. The maximum Gasteiger partial charge on any atom is 0.426 e. The Morgan fingerprint density at radius 1 is 1.15 bits per heavy atom. The zero-order chi connectivity index (χ0) is 35.2. The fourth-order valence-electron chi connectivity index (χ4n) is 4.88. The van der Waals surface area contributed by atoms with E-state index < -0.39 is 39.7 Å². The van der Waals surface area contributed by atoms with Gasteiger partial charge in [0.25, 0.3) is 5.82 Å². The van der Waals surface area contributed by atoms with Crippen LogP contribution in [-0.4, -0.2) is 35.5 Å². The first kappa shape index (κ1) is 37.3. The maximum atomic E-state index is 15.8. The Hall–Kier alpha value is -3.54. The molecule has 0 saturated heterocycles. The van der Waals surface area contributed by atoms with Crippen molar-refractivity contribution in [2.75, 3.05) is 24.0 Å². The first-order valence-corrected chi connectivity index (χ1v) is 15.7. The molecule has 258 valence electrons. The van der Waals surface area contributed by atoms with Crippen molar-refractivity contribution in [3.05, 3.63) is 76.6 Å². The van der Waals surface area contributed by atoms with E-state index in [0.717, 1.165) is 22.8 Å². The van der Waals surface area contributed by atoms with Crippen LogP contribution in [0.5, 0.6) is 0 Å². The molecule has 48 heavy (non-hydrogen) atoms. The van der Waals surface area contributed by atoms with Gasteiger partial charge in [0.2, 0.25) is 0 Å². The van der Waals surface area contributed by atoms with Gasteiger partial charge in [0.15, 0.2) is 29.2 Å². The van der Waals surface area contributed by atoms with Crippen molar-refractivity contribution in [3.8, 4) is 11.3 Å². The molecule has 0 bridgehead atoms. The Labute approximate surface area is 281 Å². The summed E-state index contributed by atoms with van der Waals surface area (Å²) in [7, 11) is -0.212. The van der Waals surface area contributed by atoms with Gasteiger partial charge in [-0.1, -0.05) is 28.8 Å². The van der Waals surface area contributed by atoms with Gasteiger partial charge >= 0.3 is 11.5 Å². The second-order valence-electron chi connectivity index (χ2n) is 9.52. The number of hydrogen-bond donors (Lipinski definition) is 1. The van der Waals surface area contributed by atoms with E-state index in [4.69, 9.17) is 21.7 Å². The van der Waals surface area contributed by atoms with Crippen molar-refractivity contribution >= 4 is 68.4 Å². The van der Waals surface area contributed by atoms with Crippen LogP contribution >= 0.6 is 34.5 Å². The number of halogens is 8. The Morgan fingerprint density at radius 3 is 2.54 bits per heavy atom. The van der Waals surface area contributed by atoms with Crippen LogP contribution in [0.1, 0.15) is 18.3 Å². The SMILES string of the molecule is CC[n+]1c(/C=C/C=C/C(F)=C2/N(C)c3cc(Cl)c(COOC)cc3N2C#CSOOO)n(CC(F)(F)F)c2cc(S(F)=C(F)F)ccc21. The van der Waals surface area contributed by atoms with E-state index in [0.29, 0.717) is 29.0 Å². The lowest BCUT2D eigenvalue weighted by Gasteiger charge is -2.17. The van der Waals surface area contributed by atoms with Crippen LogP contribution in [0.3, 0.4) is 0 Å². The lowest BCUT2D eigenvalue weighted by Crippen LogP contribution is -2.35. The highest BCUT2D eigenvalue weighted by Gasteiger charge is 2.36.